The van der Waals surface area contributed by atoms with Gasteiger partial charge < -0.3 is 15.2 Å². The summed E-state index contributed by atoms with van der Waals surface area (Å²) in [5.41, 5.74) is 0. The van der Waals surface area contributed by atoms with Gasteiger partial charge >= 0.3 is 11.9 Å². The number of carbonyl (C=O) groups excluding carboxylic acids is 2. The molecule has 1 amide bonds. The molecule has 0 saturated carbocycles. The van der Waals surface area contributed by atoms with Crippen molar-refractivity contribution in [1.82, 2.24) is 5.32 Å². The van der Waals surface area contributed by atoms with Gasteiger partial charge in [0.05, 0.1) is 0 Å². The van der Waals surface area contributed by atoms with Gasteiger partial charge in [-0.25, -0.2) is 0 Å². The Kier molecular flexibility index (Phi) is 41.2. The number of amides is 1. The lowest BCUT2D eigenvalue weighted by Crippen LogP contribution is -2.28. The highest BCUT2D eigenvalue weighted by Gasteiger charge is 2.14. The summed E-state index contributed by atoms with van der Waals surface area (Å²) in [6.07, 6.45) is 62.4. The standard InChI is InChI=1S/C50H81NO5/c1-3-5-7-9-11-13-15-16-17-18-19-20-21-22-23-24-25-26-28-30-32-37-41-45-50(55)56-47(42-38-34-31-29-27-14-12-10-8-6-4-2)43-39-35-33-36-40-44-48(52)51-46-49(53)54/h5,7,11-14,16-17,19-20,22-23,25-26,29,31,47H,3-4,6,8-10,15,18,21,24,27-28,30,32-46H2,1-2H3,(H,51,52)(H,53,54)/b7-5-,13-11-,14-12-,17-16-,20-19-,23-22-,26-25-,31-29-. The van der Waals surface area contributed by atoms with Gasteiger partial charge in [-0.05, 0) is 116 Å². The van der Waals surface area contributed by atoms with Gasteiger partial charge in [0.1, 0.15) is 12.6 Å². The van der Waals surface area contributed by atoms with Crippen LogP contribution in [-0.4, -0.2) is 35.6 Å². The average molecular weight is 776 g/mol. The van der Waals surface area contributed by atoms with Crippen molar-refractivity contribution in [3.8, 4) is 0 Å². The summed E-state index contributed by atoms with van der Waals surface area (Å²) in [6, 6.07) is 0. The van der Waals surface area contributed by atoms with Gasteiger partial charge in [-0.3, -0.25) is 14.4 Å². The van der Waals surface area contributed by atoms with E-state index in [1.165, 1.54) is 25.7 Å². The van der Waals surface area contributed by atoms with E-state index in [0.717, 1.165) is 135 Å². The normalized spacial score (nSPS) is 13.0. The van der Waals surface area contributed by atoms with Crippen molar-refractivity contribution in [3.05, 3.63) is 97.2 Å². The Morgan fingerprint density at radius 2 is 0.893 bits per heavy atom. The third-order valence-electron chi connectivity index (χ3n) is 9.24. The molecule has 0 heterocycles. The Labute approximate surface area is 343 Å². The molecule has 6 nitrogen and oxygen atoms in total. The van der Waals surface area contributed by atoms with Crippen molar-refractivity contribution < 1.29 is 24.2 Å². The predicted octanol–water partition coefficient (Wildman–Crippen LogP) is 14.1. The largest absolute Gasteiger partial charge is 0.480 e. The minimum atomic E-state index is -1.03. The smallest absolute Gasteiger partial charge is 0.322 e. The lowest BCUT2D eigenvalue weighted by molar-refractivity contribution is -0.150. The Hall–Kier alpha value is -3.67. The molecule has 0 rings (SSSR count). The molecule has 1 unspecified atom stereocenters. The molecule has 0 bridgehead atoms. The second-order valence-corrected chi connectivity index (χ2v) is 14.6. The van der Waals surface area contributed by atoms with Crippen molar-refractivity contribution in [2.75, 3.05) is 6.54 Å². The number of rotatable bonds is 39. The zero-order chi connectivity index (χ0) is 40.8. The molecule has 6 heteroatoms. The summed E-state index contributed by atoms with van der Waals surface area (Å²) in [7, 11) is 0. The summed E-state index contributed by atoms with van der Waals surface area (Å²) < 4.78 is 5.99. The zero-order valence-corrected chi connectivity index (χ0v) is 35.7. The number of carboxylic acid groups (broad SMARTS) is 1. The molecule has 0 radical (unpaired) electrons. The van der Waals surface area contributed by atoms with Gasteiger partial charge in [0.2, 0.25) is 5.91 Å². The molecule has 2 N–H and O–H groups in total. The van der Waals surface area contributed by atoms with Crippen LogP contribution in [0, 0.1) is 0 Å². The Morgan fingerprint density at radius 3 is 1.41 bits per heavy atom. The van der Waals surface area contributed by atoms with E-state index < -0.39 is 5.97 Å². The molecule has 56 heavy (non-hydrogen) atoms. The molecule has 0 aromatic heterocycles. The van der Waals surface area contributed by atoms with Crippen LogP contribution >= 0.6 is 0 Å². The average Bonchev–Trinajstić information content (AvgIpc) is 3.18. The number of esters is 1. The third-order valence-corrected chi connectivity index (χ3v) is 9.24. The van der Waals surface area contributed by atoms with Crippen molar-refractivity contribution in [2.45, 2.75) is 193 Å². The van der Waals surface area contributed by atoms with Crippen LogP contribution in [0.2, 0.25) is 0 Å². The molecule has 0 aliphatic rings. The number of carboxylic acids is 1. The van der Waals surface area contributed by atoms with Crippen LogP contribution < -0.4 is 5.32 Å². The van der Waals surface area contributed by atoms with Crippen LogP contribution in [0.25, 0.3) is 0 Å². The van der Waals surface area contributed by atoms with E-state index >= 15 is 0 Å². The van der Waals surface area contributed by atoms with E-state index in [2.05, 4.69) is 116 Å². The van der Waals surface area contributed by atoms with E-state index in [-0.39, 0.29) is 24.5 Å². The maximum atomic E-state index is 12.8. The van der Waals surface area contributed by atoms with E-state index in [1.54, 1.807) is 0 Å². The van der Waals surface area contributed by atoms with Crippen molar-refractivity contribution in [2.24, 2.45) is 0 Å². The first-order valence-electron chi connectivity index (χ1n) is 22.4. The van der Waals surface area contributed by atoms with Gasteiger partial charge in [0.15, 0.2) is 0 Å². The van der Waals surface area contributed by atoms with Gasteiger partial charge in [0.25, 0.3) is 0 Å². The molecule has 0 aliphatic heterocycles. The van der Waals surface area contributed by atoms with Gasteiger partial charge in [-0.1, -0.05) is 156 Å². The highest BCUT2D eigenvalue weighted by Crippen LogP contribution is 2.17. The molecular formula is C50H81NO5. The fourth-order valence-corrected chi connectivity index (χ4v) is 5.96. The molecule has 0 aromatic rings. The first-order valence-corrected chi connectivity index (χ1v) is 22.4. The van der Waals surface area contributed by atoms with Crippen LogP contribution in [0.3, 0.4) is 0 Å². The topological polar surface area (TPSA) is 92.7 Å². The van der Waals surface area contributed by atoms with Crippen molar-refractivity contribution in [3.63, 3.8) is 0 Å². The Balaban J connectivity index is 4.23. The summed E-state index contributed by atoms with van der Waals surface area (Å²) in [5.74, 6) is -1.30. The number of aliphatic carboxylic acids is 1. The van der Waals surface area contributed by atoms with Gasteiger partial charge in [0, 0.05) is 12.8 Å². The number of hydrogen-bond donors (Lipinski definition) is 2. The van der Waals surface area contributed by atoms with Gasteiger partial charge in [-0.2, -0.15) is 0 Å². The maximum Gasteiger partial charge on any atom is 0.322 e. The lowest BCUT2D eigenvalue weighted by Gasteiger charge is -2.18. The monoisotopic (exact) mass is 776 g/mol. The molecule has 0 aromatic carbocycles. The Bertz CT molecular complexity index is 1170. The SMILES string of the molecule is CC/C=C\C/C=C\C/C=C\C/C=C\C/C=C\C/C=C\CCCCCCC(=O)OC(CCC/C=C\C/C=C\CCCCC)CCCCCCCC(=O)NCC(=O)O. The first-order chi connectivity index (χ1) is 27.5. The summed E-state index contributed by atoms with van der Waals surface area (Å²) >= 11 is 0. The minimum Gasteiger partial charge on any atom is -0.480 e. The molecule has 1 atom stereocenters. The van der Waals surface area contributed by atoms with Crippen LogP contribution in [0.15, 0.2) is 97.2 Å². The highest BCUT2D eigenvalue weighted by molar-refractivity contribution is 5.80. The third kappa shape index (κ3) is 43.1. The number of ether oxygens (including phenoxy) is 1. The fraction of sp³-hybridized carbons (Fsp3) is 0.620. The van der Waals surface area contributed by atoms with E-state index in [0.29, 0.717) is 12.8 Å². The summed E-state index contributed by atoms with van der Waals surface area (Å²) in [5, 5.41) is 11.1. The minimum absolute atomic E-state index is 0.0377. The Morgan fingerprint density at radius 1 is 0.482 bits per heavy atom. The number of allylic oxidation sites excluding steroid dienone is 16. The molecule has 0 saturated heterocycles. The molecular weight excluding hydrogens is 695 g/mol. The molecule has 0 aliphatic carbocycles. The molecule has 0 spiro atoms. The molecule has 0 fully saturated rings. The van der Waals surface area contributed by atoms with Crippen LogP contribution in [0.5, 0.6) is 0 Å². The maximum absolute atomic E-state index is 12.8. The second kappa shape index (κ2) is 44.0. The number of hydrogen-bond acceptors (Lipinski definition) is 4. The quantitative estimate of drug-likeness (QED) is 0.0368. The number of unbranched alkanes of at least 4 members (excludes halogenated alkanes) is 12. The first kappa shape index (κ1) is 52.3. The molecule has 316 valence electrons. The van der Waals surface area contributed by atoms with E-state index in [1.807, 2.05) is 0 Å². The number of nitrogens with one attached hydrogen (secondary N) is 1. The summed E-state index contributed by atoms with van der Waals surface area (Å²) in [4.78, 5) is 35.0. The van der Waals surface area contributed by atoms with Crippen LogP contribution in [-0.2, 0) is 19.1 Å². The van der Waals surface area contributed by atoms with E-state index in [9.17, 15) is 14.4 Å². The highest BCUT2D eigenvalue weighted by atomic mass is 16.5. The van der Waals surface area contributed by atoms with Crippen molar-refractivity contribution in [1.29, 1.82) is 0 Å². The lowest BCUT2D eigenvalue weighted by atomic mass is 10.0. The second-order valence-electron chi connectivity index (χ2n) is 14.6. The number of carbonyl (C=O) groups is 3. The summed E-state index contributed by atoms with van der Waals surface area (Å²) in [6.45, 7) is 4.07. The van der Waals surface area contributed by atoms with Gasteiger partial charge in [-0.15, -0.1) is 0 Å². The fourth-order valence-electron chi connectivity index (χ4n) is 5.96. The van der Waals surface area contributed by atoms with E-state index in [4.69, 9.17) is 9.84 Å². The van der Waals surface area contributed by atoms with Crippen LogP contribution in [0.1, 0.15) is 187 Å². The van der Waals surface area contributed by atoms with Crippen LogP contribution in [0.4, 0.5) is 0 Å². The predicted molar refractivity (Wildman–Crippen MR) is 240 cm³/mol. The van der Waals surface area contributed by atoms with Crippen molar-refractivity contribution >= 4 is 17.8 Å². The zero-order valence-electron chi connectivity index (χ0n) is 35.7.